The van der Waals surface area contributed by atoms with Crippen LogP contribution in [0.1, 0.15) is 27.2 Å². The minimum Gasteiger partial charge on any atom is -0.309 e. The molecule has 3 unspecified atom stereocenters. The van der Waals surface area contributed by atoms with E-state index in [4.69, 9.17) is 5.26 Å². The minimum absolute atomic E-state index is 0.134. The van der Waals surface area contributed by atoms with Crippen molar-refractivity contribution in [2.24, 2.45) is 0 Å². The van der Waals surface area contributed by atoms with E-state index < -0.39 is 15.3 Å². The maximum absolute atomic E-state index is 12.1. The van der Waals surface area contributed by atoms with Crippen molar-refractivity contribution in [2.45, 2.75) is 44.5 Å². The van der Waals surface area contributed by atoms with Crippen LogP contribution in [0.25, 0.3) is 0 Å². The van der Waals surface area contributed by atoms with Crippen LogP contribution in [0.4, 0.5) is 0 Å². The Morgan fingerprint density at radius 2 is 1.94 bits per heavy atom. The van der Waals surface area contributed by atoms with Crippen LogP contribution in [0.2, 0.25) is 0 Å². The molecule has 0 aromatic rings. The molecule has 1 N–H and O–H groups in total. The van der Waals surface area contributed by atoms with E-state index in [0.717, 1.165) is 0 Å². The van der Waals surface area contributed by atoms with E-state index in [2.05, 4.69) is 5.32 Å². The Morgan fingerprint density at radius 3 is 2.31 bits per heavy atom. The SMILES string of the molecule is CCC(C#N)S(=O)(=O)N1CC(C)NC(C)C1. The molecule has 16 heavy (non-hydrogen) atoms. The molecule has 5 nitrogen and oxygen atoms in total. The number of hydrogen-bond acceptors (Lipinski definition) is 4. The molecule has 0 amide bonds. The minimum atomic E-state index is -3.46. The highest BCUT2D eigenvalue weighted by Crippen LogP contribution is 2.16. The summed E-state index contributed by atoms with van der Waals surface area (Å²) in [6.45, 7) is 6.52. The molecule has 0 bridgehead atoms. The molecule has 0 aromatic carbocycles. The molecule has 1 heterocycles. The van der Waals surface area contributed by atoms with Crippen molar-refractivity contribution in [1.82, 2.24) is 9.62 Å². The fraction of sp³-hybridized carbons (Fsp3) is 0.900. The second kappa shape index (κ2) is 5.13. The zero-order chi connectivity index (χ0) is 12.3. The van der Waals surface area contributed by atoms with Gasteiger partial charge in [-0.1, -0.05) is 6.92 Å². The van der Waals surface area contributed by atoms with Gasteiger partial charge < -0.3 is 5.32 Å². The summed E-state index contributed by atoms with van der Waals surface area (Å²) in [6.07, 6.45) is 0.339. The van der Waals surface area contributed by atoms with E-state index in [1.807, 2.05) is 19.9 Å². The predicted molar refractivity (Wildman–Crippen MR) is 62.2 cm³/mol. The zero-order valence-electron chi connectivity index (χ0n) is 9.97. The summed E-state index contributed by atoms with van der Waals surface area (Å²) in [7, 11) is -3.46. The molecule has 1 aliphatic rings. The Bertz CT molecular complexity index is 364. The van der Waals surface area contributed by atoms with Gasteiger partial charge in [0.25, 0.3) is 0 Å². The third-order valence-corrected chi connectivity index (χ3v) is 4.93. The highest BCUT2D eigenvalue weighted by atomic mass is 32.2. The summed E-state index contributed by atoms with van der Waals surface area (Å²) in [6, 6.07) is 2.14. The first-order valence-electron chi connectivity index (χ1n) is 5.56. The van der Waals surface area contributed by atoms with Crippen LogP contribution in [0, 0.1) is 11.3 Å². The van der Waals surface area contributed by atoms with Crippen LogP contribution >= 0.6 is 0 Å². The molecule has 1 fully saturated rings. The van der Waals surface area contributed by atoms with E-state index in [1.165, 1.54) is 4.31 Å². The van der Waals surface area contributed by atoms with Gasteiger partial charge in [-0.05, 0) is 20.3 Å². The van der Waals surface area contributed by atoms with Gasteiger partial charge in [0.1, 0.15) is 0 Å². The van der Waals surface area contributed by atoms with Gasteiger partial charge in [-0.2, -0.15) is 9.57 Å². The molecule has 6 heteroatoms. The predicted octanol–water partition coefficient (Wildman–Crippen LogP) is 0.301. The lowest BCUT2D eigenvalue weighted by Crippen LogP contribution is -2.57. The third kappa shape index (κ3) is 2.73. The molecule has 1 aliphatic heterocycles. The largest absolute Gasteiger partial charge is 0.309 e. The van der Waals surface area contributed by atoms with Crippen LogP contribution in [0.5, 0.6) is 0 Å². The maximum Gasteiger partial charge on any atom is 0.230 e. The Morgan fingerprint density at radius 1 is 1.44 bits per heavy atom. The summed E-state index contributed by atoms with van der Waals surface area (Å²) >= 11 is 0. The van der Waals surface area contributed by atoms with Gasteiger partial charge in [0.2, 0.25) is 10.0 Å². The van der Waals surface area contributed by atoms with Crippen molar-refractivity contribution in [2.75, 3.05) is 13.1 Å². The summed E-state index contributed by atoms with van der Waals surface area (Å²) in [5.41, 5.74) is 0. The maximum atomic E-state index is 12.1. The lowest BCUT2D eigenvalue weighted by Gasteiger charge is -2.36. The van der Waals surface area contributed by atoms with Crippen molar-refractivity contribution in [3.8, 4) is 6.07 Å². The van der Waals surface area contributed by atoms with E-state index in [1.54, 1.807) is 6.92 Å². The lowest BCUT2D eigenvalue weighted by molar-refractivity contribution is 0.261. The first kappa shape index (κ1) is 13.4. The lowest BCUT2D eigenvalue weighted by atomic mass is 10.2. The fourth-order valence-corrected chi connectivity index (χ4v) is 3.81. The van der Waals surface area contributed by atoms with Crippen LogP contribution in [-0.4, -0.2) is 43.1 Å². The molecule has 0 spiro atoms. The normalized spacial score (nSPS) is 29.6. The molecule has 1 rings (SSSR count). The van der Waals surface area contributed by atoms with Gasteiger partial charge in [-0.25, -0.2) is 8.42 Å². The summed E-state index contributed by atoms with van der Waals surface area (Å²) < 4.78 is 25.7. The van der Waals surface area contributed by atoms with Crippen molar-refractivity contribution in [3.05, 3.63) is 0 Å². The van der Waals surface area contributed by atoms with E-state index >= 15 is 0 Å². The third-order valence-electron chi connectivity index (χ3n) is 2.76. The van der Waals surface area contributed by atoms with Crippen LogP contribution < -0.4 is 5.32 Å². The smallest absolute Gasteiger partial charge is 0.230 e. The van der Waals surface area contributed by atoms with Gasteiger partial charge in [0.15, 0.2) is 5.25 Å². The zero-order valence-corrected chi connectivity index (χ0v) is 10.8. The standard InChI is InChI=1S/C10H19N3O2S/c1-4-10(5-11)16(14,15)13-6-8(2)12-9(3)7-13/h8-10,12H,4,6-7H2,1-3H3. The number of piperazine rings is 1. The van der Waals surface area contributed by atoms with Crippen molar-refractivity contribution in [1.29, 1.82) is 5.26 Å². The first-order chi connectivity index (χ1) is 7.41. The molecular formula is C10H19N3O2S. The quantitative estimate of drug-likeness (QED) is 0.776. The molecule has 3 atom stereocenters. The van der Waals surface area contributed by atoms with Crippen LogP contribution in [0.15, 0.2) is 0 Å². The highest BCUT2D eigenvalue weighted by Gasteiger charge is 2.35. The second-order valence-electron chi connectivity index (χ2n) is 4.36. The Kier molecular flexibility index (Phi) is 4.30. The molecule has 0 saturated carbocycles. The Labute approximate surface area is 97.5 Å². The van der Waals surface area contributed by atoms with Crippen LogP contribution in [0.3, 0.4) is 0 Å². The number of sulfonamides is 1. The van der Waals surface area contributed by atoms with Gasteiger partial charge in [-0.3, -0.25) is 0 Å². The van der Waals surface area contributed by atoms with Gasteiger partial charge in [-0.15, -0.1) is 0 Å². The second-order valence-corrected chi connectivity index (χ2v) is 6.47. The number of nitriles is 1. The Hall–Kier alpha value is -0.640. The van der Waals surface area contributed by atoms with Gasteiger partial charge >= 0.3 is 0 Å². The van der Waals surface area contributed by atoms with Crippen LogP contribution in [-0.2, 0) is 10.0 Å². The molecule has 0 aromatic heterocycles. The summed E-state index contributed by atoms with van der Waals surface area (Å²) in [5.74, 6) is 0. The van der Waals surface area contributed by atoms with Gasteiger partial charge in [0, 0.05) is 25.2 Å². The molecule has 92 valence electrons. The fourth-order valence-electron chi connectivity index (χ4n) is 2.03. The monoisotopic (exact) mass is 245 g/mol. The van der Waals surface area contributed by atoms with Crippen molar-refractivity contribution in [3.63, 3.8) is 0 Å². The molecule has 1 saturated heterocycles. The highest BCUT2D eigenvalue weighted by molar-refractivity contribution is 7.90. The first-order valence-corrected chi connectivity index (χ1v) is 7.06. The molecular weight excluding hydrogens is 226 g/mol. The topological polar surface area (TPSA) is 73.2 Å². The average molecular weight is 245 g/mol. The summed E-state index contributed by atoms with van der Waals surface area (Å²) in [4.78, 5) is 0. The number of nitrogens with zero attached hydrogens (tertiary/aromatic N) is 2. The number of hydrogen-bond donors (Lipinski definition) is 1. The van der Waals surface area contributed by atoms with E-state index in [-0.39, 0.29) is 12.1 Å². The van der Waals surface area contributed by atoms with E-state index in [0.29, 0.717) is 19.5 Å². The van der Waals surface area contributed by atoms with Crippen molar-refractivity contribution < 1.29 is 8.42 Å². The average Bonchev–Trinajstić information content (AvgIpc) is 2.17. The summed E-state index contributed by atoms with van der Waals surface area (Å²) in [5, 5.41) is 11.2. The number of nitrogens with one attached hydrogen (secondary N) is 1. The molecule has 0 aliphatic carbocycles. The van der Waals surface area contributed by atoms with Crippen molar-refractivity contribution >= 4 is 10.0 Å². The van der Waals surface area contributed by atoms with Gasteiger partial charge in [0.05, 0.1) is 6.07 Å². The molecule has 0 radical (unpaired) electrons. The van der Waals surface area contributed by atoms with E-state index in [9.17, 15) is 8.42 Å². The number of rotatable bonds is 3. The Balaban J connectivity index is 2.87.